The van der Waals surface area contributed by atoms with E-state index in [1.807, 2.05) is 24.3 Å². The lowest BCUT2D eigenvalue weighted by molar-refractivity contribution is -0.274. The van der Waals surface area contributed by atoms with Crippen LogP contribution >= 0.6 is 0 Å². The summed E-state index contributed by atoms with van der Waals surface area (Å²) in [6.07, 6.45) is -3.29. The van der Waals surface area contributed by atoms with Gasteiger partial charge in [0.2, 0.25) is 5.91 Å². The number of nitrogens with zero attached hydrogens (tertiary/aromatic N) is 2. The van der Waals surface area contributed by atoms with Crippen LogP contribution in [0, 0.1) is 5.41 Å². The van der Waals surface area contributed by atoms with E-state index in [9.17, 15) is 18.0 Å². The zero-order chi connectivity index (χ0) is 22.0. The highest BCUT2D eigenvalue weighted by atomic mass is 19.4. The van der Waals surface area contributed by atoms with Crippen LogP contribution in [0.15, 0.2) is 48.5 Å². The van der Waals surface area contributed by atoms with E-state index in [0.29, 0.717) is 17.8 Å². The normalized spacial score (nSPS) is 23.6. The Hall–Kier alpha value is -3.16. The minimum Gasteiger partial charge on any atom is -0.406 e. The molecule has 0 radical (unpaired) electrons. The van der Waals surface area contributed by atoms with Gasteiger partial charge in [-0.15, -0.1) is 13.2 Å². The summed E-state index contributed by atoms with van der Waals surface area (Å²) in [7, 11) is 0. The molecular weight excluding hydrogens is 407 g/mol. The van der Waals surface area contributed by atoms with Crippen LogP contribution in [0.1, 0.15) is 44.0 Å². The van der Waals surface area contributed by atoms with Gasteiger partial charge in [0.15, 0.2) is 0 Å². The van der Waals surface area contributed by atoms with E-state index < -0.39 is 17.2 Å². The third-order valence-electron chi connectivity index (χ3n) is 6.84. The Balaban J connectivity index is 1.51. The standard InChI is InChI=1S/C23H20F3N3O2/c1-21(2)15-11-12-22(21,19-18(15)28-16-5-3-4-6-17(16)29-19)20(30)27-13-7-9-14(10-8-13)31-23(24,25)26/h3-10,15H,11-12H2,1-2H3,(H,27,30). The number of fused-ring (bicyclic) bond motifs is 6. The Morgan fingerprint density at radius 2 is 1.71 bits per heavy atom. The molecule has 31 heavy (non-hydrogen) atoms. The van der Waals surface area contributed by atoms with Crippen molar-refractivity contribution in [2.24, 2.45) is 5.41 Å². The minimum absolute atomic E-state index is 0.118. The van der Waals surface area contributed by atoms with Crippen LogP contribution in [0.2, 0.25) is 0 Å². The second-order valence-corrected chi connectivity index (χ2v) is 8.69. The number of alkyl halides is 3. The highest BCUT2D eigenvalue weighted by Crippen LogP contribution is 2.67. The smallest absolute Gasteiger partial charge is 0.406 e. The van der Waals surface area contributed by atoms with Gasteiger partial charge in [-0.1, -0.05) is 26.0 Å². The van der Waals surface area contributed by atoms with Crippen molar-refractivity contribution >= 4 is 22.6 Å². The molecule has 1 heterocycles. The number of para-hydroxylation sites is 2. The largest absolute Gasteiger partial charge is 0.573 e. The fourth-order valence-corrected chi connectivity index (χ4v) is 5.31. The molecule has 2 atom stereocenters. The lowest BCUT2D eigenvalue weighted by atomic mass is 9.67. The number of nitrogens with one attached hydrogen (secondary N) is 1. The quantitative estimate of drug-likeness (QED) is 0.614. The van der Waals surface area contributed by atoms with Crippen LogP contribution in [0.5, 0.6) is 5.75 Å². The molecule has 1 saturated carbocycles. The number of aromatic nitrogens is 2. The monoisotopic (exact) mass is 427 g/mol. The molecule has 5 nitrogen and oxygen atoms in total. The van der Waals surface area contributed by atoms with Gasteiger partial charge >= 0.3 is 6.36 Å². The zero-order valence-corrected chi connectivity index (χ0v) is 17.0. The van der Waals surface area contributed by atoms with Gasteiger partial charge in [-0.05, 0) is 54.7 Å². The average molecular weight is 427 g/mol. The maximum Gasteiger partial charge on any atom is 0.573 e. The maximum absolute atomic E-state index is 13.6. The Labute approximate surface area is 176 Å². The molecule has 1 aromatic heterocycles. The summed E-state index contributed by atoms with van der Waals surface area (Å²) < 4.78 is 41.1. The number of ether oxygens (including phenoxy) is 1. The maximum atomic E-state index is 13.6. The predicted octanol–water partition coefficient (Wildman–Crippen LogP) is 5.32. The number of carbonyl (C=O) groups is 1. The van der Waals surface area contributed by atoms with Gasteiger partial charge in [-0.25, -0.2) is 9.97 Å². The van der Waals surface area contributed by atoms with Gasteiger partial charge < -0.3 is 10.1 Å². The molecule has 8 heteroatoms. The third-order valence-corrected chi connectivity index (χ3v) is 6.84. The van der Waals surface area contributed by atoms with Crippen LogP contribution in [0.4, 0.5) is 18.9 Å². The average Bonchev–Trinajstić information content (AvgIpc) is 3.08. The van der Waals surface area contributed by atoms with Crippen LogP contribution < -0.4 is 10.1 Å². The molecule has 2 aliphatic carbocycles. The van der Waals surface area contributed by atoms with Crippen molar-refractivity contribution in [3.63, 3.8) is 0 Å². The Morgan fingerprint density at radius 3 is 2.35 bits per heavy atom. The van der Waals surface area contributed by atoms with Gasteiger partial charge in [0.25, 0.3) is 0 Å². The zero-order valence-electron chi connectivity index (χ0n) is 17.0. The number of hydrogen-bond donors (Lipinski definition) is 1. The molecule has 0 saturated heterocycles. The summed E-state index contributed by atoms with van der Waals surface area (Å²) in [6, 6.07) is 12.8. The van der Waals surface area contributed by atoms with Crippen molar-refractivity contribution in [2.75, 3.05) is 5.32 Å². The van der Waals surface area contributed by atoms with E-state index in [-0.39, 0.29) is 17.6 Å². The van der Waals surface area contributed by atoms with Crippen LogP contribution in [-0.2, 0) is 10.2 Å². The van der Waals surface area contributed by atoms with Crippen LogP contribution in [0.3, 0.4) is 0 Å². The first-order valence-electron chi connectivity index (χ1n) is 10.1. The predicted molar refractivity (Wildman–Crippen MR) is 109 cm³/mol. The summed E-state index contributed by atoms with van der Waals surface area (Å²) in [5.74, 6) is -0.436. The van der Waals surface area contributed by atoms with Crippen molar-refractivity contribution < 1.29 is 22.7 Å². The number of amides is 1. The second-order valence-electron chi connectivity index (χ2n) is 8.69. The van der Waals surface area contributed by atoms with Crippen molar-refractivity contribution in [1.82, 2.24) is 9.97 Å². The van der Waals surface area contributed by atoms with Gasteiger partial charge in [0.1, 0.15) is 5.75 Å². The summed E-state index contributed by atoms with van der Waals surface area (Å²) in [6.45, 7) is 4.14. The number of benzene rings is 2. The molecule has 3 aromatic rings. The molecule has 2 aromatic carbocycles. The summed E-state index contributed by atoms with van der Waals surface area (Å²) >= 11 is 0. The Kier molecular flexibility index (Phi) is 4.10. The Morgan fingerprint density at radius 1 is 1.06 bits per heavy atom. The number of anilines is 1. The molecule has 2 aliphatic rings. The van der Waals surface area contributed by atoms with E-state index in [1.165, 1.54) is 24.3 Å². The van der Waals surface area contributed by atoms with E-state index >= 15 is 0 Å². The number of rotatable bonds is 3. The Bertz CT molecular complexity index is 1190. The number of hydrogen-bond acceptors (Lipinski definition) is 4. The molecule has 160 valence electrons. The highest BCUT2D eigenvalue weighted by molar-refractivity contribution is 6.01. The molecule has 5 rings (SSSR count). The van der Waals surface area contributed by atoms with Crippen LogP contribution in [0.25, 0.3) is 11.0 Å². The van der Waals surface area contributed by atoms with Crippen molar-refractivity contribution in [3.05, 3.63) is 59.9 Å². The first-order chi connectivity index (χ1) is 14.6. The van der Waals surface area contributed by atoms with Gasteiger partial charge in [0, 0.05) is 11.6 Å². The molecule has 0 aliphatic heterocycles. The van der Waals surface area contributed by atoms with E-state index in [4.69, 9.17) is 9.97 Å². The number of halogens is 3. The summed E-state index contributed by atoms with van der Waals surface area (Å²) in [5.41, 5.74) is 2.28. The van der Waals surface area contributed by atoms with Crippen molar-refractivity contribution in [3.8, 4) is 5.75 Å². The second kappa shape index (κ2) is 6.42. The van der Waals surface area contributed by atoms with Crippen LogP contribution in [-0.4, -0.2) is 22.2 Å². The number of carbonyl (C=O) groups excluding carboxylic acids is 1. The molecular formula is C23H20F3N3O2. The van der Waals surface area contributed by atoms with Gasteiger partial charge in [0.05, 0.1) is 27.8 Å². The molecule has 1 fully saturated rings. The lowest BCUT2D eigenvalue weighted by Gasteiger charge is -2.36. The highest BCUT2D eigenvalue weighted by Gasteiger charge is 2.67. The molecule has 2 bridgehead atoms. The topological polar surface area (TPSA) is 64.1 Å². The molecule has 2 unspecified atom stereocenters. The molecule has 1 amide bonds. The van der Waals surface area contributed by atoms with Crippen molar-refractivity contribution in [1.29, 1.82) is 0 Å². The molecule has 1 N–H and O–H groups in total. The van der Waals surface area contributed by atoms with E-state index in [1.54, 1.807) is 0 Å². The first-order valence-corrected chi connectivity index (χ1v) is 10.1. The van der Waals surface area contributed by atoms with Crippen molar-refractivity contribution in [2.45, 2.75) is 44.4 Å². The fourth-order valence-electron chi connectivity index (χ4n) is 5.31. The van der Waals surface area contributed by atoms with E-state index in [2.05, 4.69) is 23.9 Å². The van der Waals surface area contributed by atoms with Gasteiger partial charge in [-0.2, -0.15) is 0 Å². The minimum atomic E-state index is -4.76. The third kappa shape index (κ3) is 2.88. The lowest BCUT2D eigenvalue weighted by Crippen LogP contribution is -2.46. The first kappa shape index (κ1) is 19.8. The summed E-state index contributed by atoms with van der Waals surface area (Å²) in [4.78, 5) is 23.3. The van der Waals surface area contributed by atoms with Gasteiger partial charge in [-0.3, -0.25) is 4.79 Å². The molecule has 0 spiro atoms. The SMILES string of the molecule is CC1(C)C2CCC1(C(=O)Nc1ccc(OC(F)(F)F)cc1)c1nc3ccccc3nc12. The summed E-state index contributed by atoms with van der Waals surface area (Å²) in [5, 5.41) is 2.89. The van der Waals surface area contributed by atoms with E-state index in [0.717, 1.165) is 23.1 Å². The fraction of sp³-hybridized carbons (Fsp3) is 0.348.